The van der Waals surface area contributed by atoms with E-state index >= 15 is 0 Å². The lowest BCUT2D eigenvalue weighted by atomic mass is 9.81. The van der Waals surface area contributed by atoms with Gasteiger partial charge in [-0.2, -0.15) is 0 Å². The lowest BCUT2D eigenvalue weighted by molar-refractivity contribution is -0.140. The van der Waals surface area contributed by atoms with E-state index in [4.69, 9.17) is 5.73 Å². The predicted molar refractivity (Wildman–Crippen MR) is 148 cm³/mol. The molecule has 3 amide bonds. The first-order valence-corrected chi connectivity index (χ1v) is 13.9. The van der Waals surface area contributed by atoms with Gasteiger partial charge in [0.25, 0.3) is 0 Å². The van der Waals surface area contributed by atoms with E-state index in [0.29, 0.717) is 32.4 Å². The van der Waals surface area contributed by atoms with Crippen molar-refractivity contribution in [2.45, 2.75) is 78.3 Å². The Morgan fingerprint density at radius 3 is 2.45 bits per heavy atom. The topological polar surface area (TPSA) is 92.5 Å². The summed E-state index contributed by atoms with van der Waals surface area (Å²) in [5, 5.41) is 3.02. The fraction of sp³-hybridized carbons (Fsp3) is 0.516. The van der Waals surface area contributed by atoms with E-state index < -0.39 is 23.8 Å². The summed E-state index contributed by atoms with van der Waals surface area (Å²) in [6, 6.07) is 13.6. The number of rotatable bonds is 11. The quantitative estimate of drug-likeness (QED) is 0.411. The standard InChI is InChI=1S/C31H42FN3O3/c1-4-9-26(29(33)36)27(18-21(2)3)30(37)34-28-12-6-5-7-17-35(31(28)38)20-22-10-8-11-24(19-22)23-13-15-25(32)16-14-23/h8,10-11,13-16,19,21,26-28H,4-7,9,12,17-18,20H2,1-3H3,(H2,33,36)(H,34,37)/t26?,27?,28-/m0/s1. The van der Waals surface area contributed by atoms with Gasteiger partial charge in [-0.3, -0.25) is 14.4 Å². The van der Waals surface area contributed by atoms with Gasteiger partial charge < -0.3 is 16.0 Å². The molecule has 3 rings (SSSR count). The number of primary amides is 1. The van der Waals surface area contributed by atoms with Crippen molar-refractivity contribution >= 4 is 17.7 Å². The number of carbonyl (C=O) groups is 3. The number of hydrogen-bond acceptors (Lipinski definition) is 3. The van der Waals surface area contributed by atoms with E-state index in [1.807, 2.05) is 49.9 Å². The van der Waals surface area contributed by atoms with Crippen LogP contribution in [-0.2, 0) is 20.9 Å². The molecule has 1 heterocycles. The monoisotopic (exact) mass is 523 g/mol. The zero-order valence-corrected chi connectivity index (χ0v) is 22.9. The number of hydrogen-bond donors (Lipinski definition) is 2. The molecule has 7 heteroatoms. The smallest absolute Gasteiger partial charge is 0.245 e. The number of nitrogens with zero attached hydrogens (tertiary/aromatic N) is 1. The first kappa shape index (κ1) is 29.3. The highest BCUT2D eigenvalue weighted by Crippen LogP contribution is 2.27. The van der Waals surface area contributed by atoms with E-state index in [-0.39, 0.29) is 23.5 Å². The summed E-state index contributed by atoms with van der Waals surface area (Å²) in [6.07, 6.45) is 5.15. The van der Waals surface area contributed by atoms with Crippen LogP contribution in [0.5, 0.6) is 0 Å². The summed E-state index contributed by atoms with van der Waals surface area (Å²) in [7, 11) is 0. The molecule has 2 aromatic carbocycles. The third-order valence-corrected chi connectivity index (χ3v) is 7.34. The molecular weight excluding hydrogens is 481 g/mol. The minimum Gasteiger partial charge on any atom is -0.369 e. The summed E-state index contributed by atoms with van der Waals surface area (Å²) < 4.78 is 13.4. The molecule has 0 bridgehead atoms. The Morgan fingerprint density at radius 2 is 1.79 bits per heavy atom. The molecule has 1 fully saturated rings. The second-order valence-corrected chi connectivity index (χ2v) is 10.9. The first-order chi connectivity index (χ1) is 18.2. The average molecular weight is 524 g/mol. The number of carbonyl (C=O) groups excluding carboxylic acids is 3. The molecule has 1 aliphatic rings. The molecule has 0 radical (unpaired) electrons. The van der Waals surface area contributed by atoms with Gasteiger partial charge in [0.1, 0.15) is 11.9 Å². The fourth-order valence-corrected chi connectivity index (χ4v) is 5.38. The molecule has 3 atom stereocenters. The maximum absolute atomic E-state index is 13.7. The van der Waals surface area contributed by atoms with Crippen molar-refractivity contribution in [1.82, 2.24) is 10.2 Å². The van der Waals surface area contributed by atoms with Gasteiger partial charge in [-0.25, -0.2) is 4.39 Å². The van der Waals surface area contributed by atoms with Crippen molar-refractivity contribution in [2.75, 3.05) is 6.54 Å². The second kappa shape index (κ2) is 14.1. The summed E-state index contributed by atoms with van der Waals surface area (Å²) >= 11 is 0. The van der Waals surface area contributed by atoms with Crippen molar-refractivity contribution in [1.29, 1.82) is 0 Å². The fourth-order valence-electron chi connectivity index (χ4n) is 5.38. The van der Waals surface area contributed by atoms with E-state index in [1.165, 1.54) is 12.1 Å². The molecule has 38 heavy (non-hydrogen) atoms. The average Bonchev–Trinajstić information content (AvgIpc) is 2.88. The minimum absolute atomic E-state index is 0.0975. The molecule has 0 aliphatic carbocycles. The van der Waals surface area contributed by atoms with E-state index in [1.54, 1.807) is 12.1 Å². The normalized spacial score (nSPS) is 18.0. The van der Waals surface area contributed by atoms with Gasteiger partial charge in [0.05, 0.1) is 0 Å². The molecule has 0 spiro atoms. The molecule has 6 nitrogen and oxygen atoms in total. The third kappa shape index (κ3) is 8.14. The second-order valence-electron chi connectivity index (χ2n) is 10.9. The van der Waals surface area contributed by atoms with Gasteiger partial charge in [0, 0.05) is 24.9 Å². The minimum atomic E-state index is -0.632. The maximum atomic E-state index is 13.7. The van der Waals surface area contributed by atoms with Crippen molar-refractivity contribution in [3.63, 3.8) is 0 Å². The Hall–Kier alpha value is -3.22. The number of benzene rings is 2. The highest BCUT2D eigenvalue weighted by molar-refractivity contribution is 5.91. The van der Waals surface area contributed by atoms with Crippen molar-refractivity contribution in [2.24, 2.45) is 23.5 Å². The Bertz CT molecular complexity index is 1090. The molecule has 206 valence electrons. The van der Waals surface area contributed by atoms with Gasteiger partial charge in [-0.05, 0) is 66.5 Å². The SMILES string of the molecule is CCCC(C(N)=O)C(CC(C)C)C(=O)N[C@H]1CCCCCN(Cc2cccc(-c3ccc(F)cc3)c2)C1=O. The molecule has 2 unspecified atom stereocenters. The van der Waals surface area contributed by atoms with E-state index in [9.17, 15) is 18.8 Å². The summed E-state index contributed by atoms with van der Waals surface area (Å²) in [5.74, 6) is -1.98. The Morgan fingerprint density at radius 1 is 1.05 bits per heavy atom. The third-order valence-electron chi connectivity index (χ3n) is 7.34. The highest BCUT2D eigenvalue weighted by Gasteiger charge is 2.35. The van der Waals surface area contributed by atoms with Gasteiger partial charge >= 0.3 is 0 Å². The maximum Gasteiger partial charge on any atom is 0.245 e. The van der Waals surface area contributed by atoms with Crippen LogP contribution >= 0.6 is 0 Å². The lowest BCUT2D eigenvalue weighted by Gasteiger charge is -2.32. The number of nitrogens with one attached hydrogen (secondary N) is 1. The summed E-state index contributed by atoms with van der Waals surface area (Å²) in [6.45, 7) is 7.05. The molecule has 0 aromatic heterocycles. The van der Waals surface area contributed by atoms with Gasteiger partial charge in [0.15, 0.2) is 0 Å². The van der Waals surface area contributed by atoms with E-state index in [0.717, 1.165) is 42.4 Å². The summed E-state index contributed by atoms with van der Waals surface area (Å²) in [5.41, 5.74) is 8.54. The highest BCUT2D eigenvalue weighted by atomic mass is 19.1. The van der Waals surface area contributed by atoms with Crippen LogP contribution in [0.15, 0.2) is 48.5 Å². The summed E-state index contributed by atoms with van der Waals surface area (Å²) in [4.78, 5) is 41.2. The van der Waals surface area contributed by atoms with Crippen molar-refractivity contribution < 1.29 is 18.8 Å². The Labute approximate surface area is 226 Å². The van der Waals surface area contributed by atoms with Crippen molar-refractivity contribution in [3.8, 4) is 11.1 Å². The zero-order chi connectivity index (χ0) is 27.7. The molecular formula is C31H42FN3O3. The molecule has 3 N–H and O–H groups in total. The van der Waals surface area contributed by atoms with Gasteiger partial charge in [-0.15, -0.1) is 0 Å². The lowest BCUT2D eigenvalue weighted by Crippen LogP contribution is -2.52. The van der Waals surface area contributed by atoms with Crippen molar-refractivity contribution in [3.05, 3.63) is 59.9 Å². The van der Waals surface area contributed by atoms with Crippen LogP contribution in [-0.4, -0.2) is 35.2 Å². The first-order valence-electron chi connectivity index (χ1n) is 13.9. The Kier molecular flexibility index (Phi) is 10.9. The number of halogens is 1. The number of amides is 3. The molecule has 1 aliphatic heterocycles. The van der Waals surface area contributed by atoms with E-state index in [2.05, 4.69) is 5.32 Å². The van der Waals surface area contributed by atoms with Crippen LogP contribution in [0.3, 0.4) is 0 Å². The van der Waals surface area contributed by atoms with Crippen LogP contribution in [0.2, 0.25) is 0 Å². The molecule has 1 saturated heterocycles. The largest absolute Gasteiger partial charge is 0.369 e. The van der Waals surface area contributed by atoms with Crippen LogP contribution in [0.1, 0.15) is 71.3 Å². The van der Waals surface area contributed by atoms with Crippen LogP contribution < -0.4 is 11.1 Å². The van der Waals surface area contributed by atoms with Gasteiger partial charge in [-0.1, -0.05) is 70.4 Å². The molecule has 2 aromatic rings. The number of likely N-dealkylation sites (tertiary alicyclic amines) is 1. The van der Waals surface area contributed by atoms with Crippen LogP contribution in [0.25, 0.3) is 11.1 Å². The predicted octanol–water partition coefficient (Wildman–Crippen LogP) is 5.44. The Balaban J connectivity index is 1.77. The van der Waals surface area contributed by atoms with Crippen LogP contribution in [0, 0.1) is 23.6 Å². The number of nitrogens with two attached hydrogens (primary N) is 1. The zero-order valence-electron chi connectivity index (χ0n) is 22.9. The van der Waals surface area contributed by atoms with Crippen LogP contribution in [0.4, 0.5) is 4.39 Å². The van der Waals surface area contributed by atoms with Gasteiger partial charge in [0.2, 0.25) is 17.7 Å². The molecule has 0 saturated carbocycles.